The third kappa shape index (κ3) is 4.23. The maximum absolute atomic E-state index is 13.5. The van der Waals surface area contributed by atoms with Gasteiger partial charge in [-0.25, -0.2) is 0 Å². The van der Waals surface area contributed by atoms with Crippen LogP contribution in [0.2, 0.25) is 0 Å². The van der Waals surface area contributed by atoms with Crippen LogP contribution in [-0.4, -0.2) is 49.9 Å². The molecule has 1 aliphatic carbocycles. The molecule has 1 saturated heterocycles. The van der Waals surface area contributed by atoms with Crippen molar-refractivity contribution < 1.29 is 14.5 Å². The van der Waals surface area contributed by atoms with Gasteiger partial charge in [-0.2, -0.15) is 0 Å². The van der Waals surface area contributed by atoms with E-state index in [9.17, 15) is 9.59 Å². The zero-order valence-corrected chi connectivity index (χ0v) is 18.3. The van der Waals surface area contributed by atoms with E-state index in [1.54, 1.807) is 11.3 Å². The summed E-state index contributed by atoms with van der Waals surface area (Å²) in [5.74, 6) is 0.564. The minimum atomic E-state index is -0.145. The van der Waals surface area contributed by atoms with Crippen molar-refractivity contribution in [3.05, 3.63) is 51.4 Å². The average Bonchev–Trinajstić information content (AvgIpc) is 3.05. The van der Waals surface area contributed by atoms with E-state index in [1.807, 2.05) is 36.1 Å². The monoisotopic (exact) mass is 412 g/mol. The molecule has 1 aromatic heterocycles. The standard InChI is InChI=1S/C23H29N3O2S/c1-15-4-7-17(8-5-15)21(27)24-22-20(18-9-6-16(2)14-19(18)29-22)23(28)26-12-10-25(3)11-13-26/h4-5,7-8,16H,6,9-14H2,1-3H3,(H,24,27)/p+1/t16-/m1/s1. The molecule has 0 saturated carbocycles. The number of hydrogen-bond donors (Lipinski definition) is 2. The number of fused-ring (bicyclic) bond motifs is 1. The fraction of sp³-hybridized carbons (Fsp3) is 0.478. The molecule has 1 fully saturated rings. The molecule has 2 N–H and O–H groups in total. The molecule has 6 heteroatoms. The SMILES string of the molecule is Cc1ccc(C(=O)Nc2sc3c(c2C(=O)N2CC[NH+](C)CC2)CC[C@@H](C)C3)cc1. The Kier molecular flexibility index (Phi) is 5.74. The second kappa shape index (κ2) is 8.28. The number of hydrogen-bond acceptors (Lipinski definition) is 3. The molecule has 2 aromatic rings. The maximum atomic E-state index is 13.5. The first-order valence-electron chi connectivity index (χ1n) is 10.6. The Morgan fingerprint density at radius 2 is 1.86 bits per heavy atom. The molecule has 2 aliphatic rings. The topological polar surface area (TPSA) is 53.9 Å². The molecule has 5 nitrogen and oxygen atoms in total. The normalized spacial score (nSPS) is 19.7. The first-order valence-corrected chi connectivity index (χ1v) is 11.4. The highest BCUT2D eigenvalue weighted by atomic mass is 32.1. The van der Waals surface area contributed by atoms with Gasteiger partial charge in [0.15, 0.2) is 0 Å². The highest BCUT2D eigenvalue weighted by Crippen LogP contribution is 2.40. The van der Waals surface area contributed by atoms with Crippen LogP contribution in [0.1, 0.15) is 50.1 Å². The van der Waals surface area contributed by atoms with E-state index in [4.69, 9.17) is 0 Å². The Morgan fingerprint density at radius 3 is 2.55 bits per heavy atom. The van der Waals surface area contributed by atoms with Crippen LogP contribution in [0.15, 0.2) is 24.3 Å². The Hall–Kier alpha value is -2.18. The molecule has 154 valence electrons. The van der Waals surface area contributed by atoms with Gasteiger partial charge >= 0.3 is 0 Å². The van der Waals surface area contributed by atoms with Gasteiger partial charge in [-0.3, -0.25) is 9.59 Å². The summed E-state index contributed by atoms with van der Waals surface area (Å²) in [7, 11) is 2.17. The molecule has 2 amide bonds. The average molecular weight is 413 g/mol. The number of amides is 2. The van der Waals surface area contributed by atoms with Crippen LogP contribution in [0, 0.1) is 12.8 Å². The van der Waals surface area contributed by atoms with E-state index >= 15 is 0 Å². The van der Waals surface area contributed by atoms with Gasteiger partial charge in [-0.05, 0) is 49.8 Å². The van der Waals surface area contributed by atoms with Gasteiger partial charge in [0.2, 0.25) is 0 Å². The van der Waals surface area contributed by atoms with Crippen molar-refractivity contribution in [2.24, 2.45) is 5.92 Å². The number of rotatable bonds is 3. The molecule has 0 radical (unpaired) electrons. The lowest BCUT2D eigenvalue weighted by molar-refractivity contribution is -0.883. The van der Waals surface area contributed by atoms with Crippen LogP contribution in [-0.2, 0) is 12.8 Å². The summed E-state index contributed by atoms with van der Waals surface area (Å²) in [6.07, 6.45) is 3.02. The number of likely N-dealkylation sites (N-methyl/N-ethyl adjacent to an activating group) is 1. The quantitative estimate of drug-likeness (QED) is 0.814. The van der Waals surface area contributed by atoms with Crippen molar-refractivity contribution >= 4 is 28.2 Å². The highest BCUT2D eigenvalue weighted by Gasteiger charge is 2.32. The van der Waals surface area contributed by atoms with E-state index < -0.39 is 0 Å². The number of thiophene rings is 1. The van der Waals surface area contributed by atoms with Gasteiger partial charge in [0.05, 0.1) is 38.8 Å². The molecule has 1 atom stereocenters. The number of anilines is 1. The number of carbonyl (C=O) groups excluding carboxylic acids is 2. The lowest BCUT2D eigenvalue weighted by Gasteiger charge is -2.30. The van der Waals surface area contributed by atoms with Crippen LogP contribution in [0.25, 0.3) is 0 Å². The predicted octanol–water partition coefficient (Wildman–Crippen LogP) is 2.40. The van der Waals surface area contributed by atoms with Crippen molar-refractivity contribution in [1.82, 2.24) is 4.90 Å². The summed E-state index contributed by atoms with van der Waals surface area (Å²) in [5, 5.41) is 3.80. The largest absolute Gasteiger partial charge is 0.334 e. The molecular formula is C23H30N3O2S+. The van der Waals surface area contributed by atoms with Gasteiger partial charge in [0, 0.05) is 10.4 Å². The fourth-order valence-electron chi connectivity index (χ4n) is 4.19. The summed E-state index contributed by atoms with van der Waals surface area (Å²) in [6, 6.07) is 7.55. The first-order chi connectivity index (χ1) is 13.9. The lowest BCUT2D eigenvalue weighted by Crippen LogP contribution is -3.12. The van der Waals surface area contributed by atoms with Crippen molar-refractivity contribution in [3.63, 3.8) is 0 Å². The maximum Gasteiger partial charge on any atom is 0.257 e. The van der Waals surface area contributed by atoms with E-state index in [1.165, 1.54) is 15.3 Å². The molecule has 0 spiro atoms. The number of carbonyl (C=O) groups is 2. The summed E-state index contributed by atoms with van der Waals surface area (Å²) >= 11 is 1.60. The summed E-state index contributed by atoms with van der Waals surface area (Å²) in [4.78, 5) is 31.0. The minimum absolute atomic E-state index is 0.0868. The Balaban J connectivity index is 1.64. The molecule has 1 aromatic carbocycles. The number of piperazine rings is 1. The van der Waals surface area contributed by atoms with Gasteiger partial charge in [0.25, 0.3) is 11.8 Å². The van der Waals surface area contributed by atoms with E-state index in [0.29, 0.717) is 11.5 Å². The van der Waals surface area contributed by atoms with Crippen LogP contribution in [0.4, 0.5) is 5.00 Å². The Bertz CT molecular complexity index is 911. The van der Waals surface area contributed by atoms with Gasteiger partial charge in [-0.1, -0.05) is 24.6 Å². The fourth-order valence-corrected chi connectivity index (χ4v) is 5.59. The number of aryl methyl sites for hydroxylation is 1. The molecule has 0 bridgehead atoms. The second-order valence-electron chi connectivity index (χ2n) is 8.63. The van der Waals surface area contributed by atoms with E-state index in [2.05, 4.69) is 19.3 Å². The van der Waals surface area contributed by atoms with Gasteiger partial charge in [-0.15, -0.1) is 11.3 Å². The Labute approximate surface area is 176 Å². The minimum Gasteiger partial charge on any atom is -0.334 e. The number of quaternary nitrogens is 1. The number of nitrogens with zero attached hydrogens (tertiary/aromatic N) is 1. The predicted molar refractivity (Wildman–Crippen MR) is 117 cm³/mol. The zero-order chi connectivity index (χ0) is 20.5. The van der Waals surface area contributed by atoms with Crippen LogP contribution < -0.4 is 10.2 Å². The van der Waals surface area contributed by atoms with Crippen molar-refractivity contribution in [2.75, 3.05) is 38.5 Å². The molecule has 4 rings (SSSR count). The van der Waals surface area contributed by atoms with Crippen molar-refractivity contribution in [1.29, 1.82) is 0 Å². The molecule has 1 aliphatic heterocycles. The third-order valence-corrected chi connectivity index (χ3v) is 7.34. The second-order valence-corrected chi connectivity index (χ2v) is 9.73. The van der Waals surface area contributed by atoms with Crippen molar-refractivity contribution in [2.45, 2.75) is 33.1 Å². The highest BCUT2D eigenvalue weighted by molar-refractivity contribution is 7.17. The zero-order valence-electron chi connectivity index (χ0n) is 17.5. The van der Waals surface area contributed by atoms with Crippen LogP contribution in [0.5, 0.6) is 0 Å². The molecule has 0 unspecified atom stereocenters. The summed E-state index contributed by atoms with van der Waals surface area (Å²) in [5.41, 5.74) is 3.66. The summed E-state index contributed by atoms with van der Waals surface area (Å²) < 4.78 is 0. The van der Waals surface area contributed by atoms with Gasteiger partial charge in [0.1, 0.15) is 5.00 Å². The molecular weight excluding hydrogens is 382 g/mol. The van der Waals surface area contributed by atoms with Crippen LogP contribution >= 0.6 is 11.3 Å². The van der Waals surface area contributed by atoms with Crippen molar-refractivity contribution in [3.8, 4) is 0 Å². The van der Waals surface area contributed by atoms with E-state index in [-0.39, 0.29) is 11.8 Å². The Morgan fingerprint density at radius 1 is 1.17 bits per heavy atom. The van der Waals surface area contributed by atoms with E-state index in [0.717, 1.165) is 61.6 Å². The summed E-state index contributed by atoms with van der Waals surface area (Å²) in [6.45, 7) is 7.76. The van der Waals surface area contributed by atoms with Crippen LogP contribution in [0.3, 0.4) is 0 Å². The third-order valence-electron chi connectivity index (χ3n) is 6.17. The number of nitrogens with one attached hydrogen (secondary N) is 2. The smallest absolute Gasteiger partial charge is 0.257 e. The molecule has 2 heterocycles. The first kappa shape index (κ1) is 20.1. The number of benzene rings is 1. The molecule has 29 heavy (non-hydrogen) atoms. The lowest BCUT2D eigenvalue weighted by atomic mass is 9.88. The van der Waals surface area contributed by atoms with Gasteiger partial charge < -0.3 is 15.1 Å².